The molecule has 0 spiro atoms. The topological polar surface area (TPSA) is 94.5 Å². The number of anilines is 1. The fraction of sp³-hybridized carbons (Fsp3) is 0.611. The summed E-state index contributed by atoms with van der Waals surface area (Å²) in [5.74, 6) is 1.17. The van der Waals surface area contributed by atoms with E-state index in [1.54, 1.807) is 6.33 Å². The quantitative estimate of drug-likeness (QED) is 0.345. The number of carbonyl (C=O) groups is 1. The number of aromatic nitrogens is 3. The second-order valence-corrected chi connectivity index (χ2v) is 9.59. The van der Waals surface area contributed by atoms with E-state index in [-0.39, 0.29) is 11.7 Å². The smallest absolute Gasteiger partial charge is 0.168 e. The molecule has 6 nitrogen and oxygen atoms in total. The molecule has 2 saturated carbocycles. The minimum atomic E-state index is -0.450. The van der Waals surface area contributed by atoms with Crippen molar-refractivity contribution in [1.82, 2.24) is 15.0 Å². The number of alkyl halides is 1. The number of carbonyl (C=O) groups excluding carboxylic acids is 1. The Morgan fingerprint density at radius 3 is 2.84 bits per heavy atom. The van der Waals surface area contributed by atoms with Gasteiger partial charge in [0.05, 0.1) is 5.39 Å². The molecule has 2 fully saturated rings. The van der Waals surface area contributed by atoms with Crippen LogP contribution >= 0.6 is 21.0 Å². The summed E-state index contributed by atoms with van der Waals surface area (Å²) >= 11 is -0.450. The summed E-state index contributed by atoms with van der Waals surface area (Å²) in [5, 5.41) is 4.42. The Morgan fingerprint density at radius 2 is 2.04 bits per heavy atom. The Hall–Kier alpha value is -1.38. The van der Waals surface area contributed by atoms with E-state index in [1.807, 2.05) is 6.20 Å². The average molecular weight is 453 g/mol. The third kappa shape index (κ3) is 3.47. The minimum Gasteiger partial charge on any atom is -0.367 e. The molecule has 2 aromatic rings. The van der Waals surface area contributed by atoms with Gasteiger partial charge in [-0.2, -0.15) is 0 Å². The molecule has 1 unspecified atom stereocenters. The summed E-state index contributed by atoms with van der Waals surface area (Å²) in [4.78, 5) is 24.9. The molecule has 2 aliphatic carbocycles. The molecular formula is C18H24IN5O. The zero-order chi connectivity index (χ0) is 17.2. The summed E-state index contributed by atoms with van der Waals surface area (Å²) in [7, 11) is 0. The number of nitrogens with one attached hydrogen (secondary N) is 3. The third-order valence-electron chi connectivity index (χ3n) is 5.57. The van der Waals surface area contributed by atoms with Gasteiger partial charge >= 0.3 is 0 Å². The number of aromatic amines is 1. The Kier molecular flexibility index (Phi) is 5.10. The molecule has 25 heavy (non-hydrogen) atoms. The first-order chi connectivity index (χ1) is 12.3. The van der Waals surface area contributed by atoms with Crippen LogP contribution in [0.4, 0.5) is 5.82 Å². The minimum absolute atomic E-state index is 0.152. The highest BCUT2D eigenvalue weighted by atomic mass is 127. The number of hydrogen-bond acceptors (Lipinski definition) is 5. The first-order valence-corrected chi connectivity index (χ1v) is 11.5. The van der Waals surface area contributed by atoms with E-state index >= 15 is 0 Å². The largest absolute Gasteiger partial charge is 0.367 e. The van der Waals surface area contributed by atoms with Crippen molar-refractivity contribution in [3.8, 4) is 0 Å². The van der Waals surface area contributed by atoms with Crippen LogP contribution in [-0.4, -0.2) is 30.7 Å². The fourth-order valence-electron chi connectivity index (χ4n) is 4.23. The van der Waals surface area contributed by atoms with Gasteiger partial charge in [-0.25, -0.2) is 9.97 Å². The van der Waals surface area contributed by atoms with Crippen LogP contribution < -0.4 is 5.32 Å². The Morgan fingerprint density at radius 1 is 1.20 bits per heavy atom. The van der Waals surface area contributed by atoms with Gasteiger partial charge in [0.2, 0.25) is 0 Å². The van der Waals surface area contributed by atoms with Crippen LogP contribution in [-0.2, 0) is 0 Å². The van der Waals surface area contributed by atoms with E-state index < -0.39 is 21.0 Å². The Bertz CT molecular complexity index is 783. The Labute approximate surface area is 157 Å². The number of halogens is 1. The zero-order valence-electron chi connectivity index (χ0n) is 14.2. The van der Waals surface area contributed by atoms with Crippen molar-refractivity contribution in [2.24, 2.45) is 5.92 Å². The van der Waals surface area contributed by atoms with Crippen molar-refractivity contribution in [3.05, 3.63) is 18.1 Å². The molecule has 0 amide bonds. The van der Waals surface area contributed by atoms with Crippen molar-refractivity contribution in [1.29, 1.82) is 3.56 Å². The van der Waals surface area contributed by atoms with Crippen molar-refractivity contribution in [3.63, 3.8) is 0 Å². The molecule has 7 heteroatoms. The average Bonchev–Trinajstić information content (AvgIpc) is 3.32. The molecule has 0 aromatic carbocycles. The molecule has 4 rings (SSSR count). The summed E-state index contributed by atoms with van der Waals surface area (Å²) in [5.41, 5.74) is 1.48. The molecule has 3 N–H and O–H groups in total. The standard InChI is InChI=1S/C18H24IN5O/c20-19-12-6-3-7-13(8-12)24-18-15-14(9-21-17(15)22-10-23-18)16(25)11-4-1-2-5-11/h9-13,20H,1-8H2,(H2,21,22,23,24)/t12?,13-/m1/s1. The van der Waals surface area contributed by atoms with Crippen LogP contribution in [0, 0.1) is 9.48 Å². The molecule has 2 aromatic heterocycles. The van der Waals surface area contributed by atoms with Gasteiger partial charge in [-0.15, -0.1) is 0 Å². The van der Waals surface area contributed by atoms with Crippen LogP contribution in [0.1, 0.15) is 61.7 Å². The summed E-state index contributed by atoms with van der Waals surface area (Å²) in [6, 6.07) is 0.353. The maximum atomic E-state index is 12.9. The molecule has 0 saturated heterocycles. The number of ketones is 1. The summed E-state index contributed by atoms with van der Waals surface area (Å²) < 4.78 is 8.34. The van der Waals surface area contributed by atoms with E-state index in [0.29, 0.717) is 9.97 Å². The SMILES string of the molecule is N=IC1CCC[C@@H](Nc2ncnc3[nH]cc(C(=O)C4CCCC4)c23)C1. The lowest BCUT2D eigenvalue weighted by molar-refractivity contribution is 0.0924. The second-order valence-electron chi connectivity index (χ2n) is 7.21. The lowest BCUT2D eigenvalue weighted by Gasteiger charge is -2.27. The summed E-state index contributed by atoms with van der Waals surface area (Å²) in [6.45, 7) is 0. The van der Waals surface area contributed by atoms with E-state index in [1.165, 1.54) is 12.8 Å². The van der Waals surface area contributed by atoms with Gasteiger partial charge in [-0.1, -0.05) is 19.3 Å². The second kappa shape index (κ2) is 7.47. The van der Waals surface area contributed by atoms with Gasteiger partial charge in [0.15, 0.2) is 5.78 Å². The maximum Gasteiger partial charge on any atom is 0.168 e. The molecular weight excluding hydrogens is 429 g/mol. The van der Waals surface area contributed by atoms with E-state index in [0.717, 1.165) is 60.9 Å². The molecule has 2 aliphatic rings. The van der Waals surface area contributed by atoms with Crippen molar-refractivity contribution in [2.45, 2.75) is 61.3 Å². The highest BCUT2D eigenvalue weighted by molar-refractivity contribution is 14.1. The van der Waals surface area contributed by atoms with Crippen LogP contribution in [0.5, 0.6) is 0 Å². The number of hydrogen-bond donors (Lipinski definition) is 3. The lowest BCUT2D eigenvalue weighted by atomic mass is 9.94. The van der Waals surface area contributed by atoms with Gasteiger partial charge in [-0.3, -0.25) is 8.36 Å². The molecule has 2 heterocycles. The van der Waals surface area contributed by atoms with E-state index in [9.17, 15) is 4.79 Å². The van der Waals surface area contributed by atoms with Gasteiger partial charge < -0.3 is 10.3 Å². The highest BCUT2D eigenvalue weighted by Crippen LogP contribution is 2.34. The Balaban J connectivity index is 1.63. The lowest BCUT2D eigenvalue weighted by Crippen LogP contribution is -2.28. The van der Waals surface area contributed by atoms with Gasteiger partial charge in [0.1, 0.15) is 17.8 Å². The highest BCUT2D eigenvalue weighted by Gasteiger charge is 2.28. The summed E-state index contributed by atoms with van der Waals surface area (Å²) in [6.07, 6.45) is 12.2. The molecule has 0 aliphatic heterocycles. The number of Topliss-reactive ketones (excluding diaryl/α,β-unsaturated/α-hetero) is 1. The maximum absolute atomic E-state index is 12.9. The monoisotopic (exact) mass is 453 g/mol. The third-order valence-corrected chi connectivity index (χ3v) is 7.58. The zero-order valence-corrected chi connectivity index (χ0v) is 16.4. The van der Waals surface area contributed by atoms with Crippen LogP contribution in [0.2, 0.25) is 0 Å². The van der Waals surface area contributed by atoms with E-state index in [2.05, 4.69) is 20.3 Å². The number of nitrogens with zero attached hydrogens (tertiary/aromatic N) is 2. The molecule has 0 bridgehead atoms. The molecule has 0 radical (unpaired) electrons. The normalized spacial score (nSPS) is 24.6. The number of rotatable bonds is 5. The number of H-pyrrole nitrogens is 1. The van der Waals surface area contributed by atoms with Gasteiger partial charge in [0.25, 0.3) is 0 Å². The van der Waals surface area contributed by atoms with Crippen molar-refractivity contribution in [2.75, 3.05) is 5.32 Å². The number of fused-ring (bicyclic) bond motifs is 1. The van der Waals surface area contributed by atoms with Crippen molar-refractivity contribution < 1.29 is 4.79 Å². The fourth-order valence-corrected chi connectivity index (χ4v) is 5.85. The van der Waals surface area contributed by atoms with Crippen molar-refractivity contribution >= 4 is 43.7 Å². The molecule has 134 valence electrons. The predicted molar refractivity (Wildman–Crippen MR) is 107 cm³/mol. The van der Waals surface area contributed by atoms with Gasteiger partial charge in [0, 0.05) is 27.6 Å². The first-order valence-electron chi connectivity index (χ1n) is 9.18. The van der Waals surface area contributed by atoms with Crippen LogP contribution in [0.15, 0.2) is 12.5 Å². The van der Waals surface area contributed by atoms with E-state index in [4.69, 9.17) is 3.56 Å². The van der Waals surface area contributed by atoms with Crippen LogP contribution in [0.3, 0.4) is 0 Å². The predicted octanol–water partition coefficient (Wildman–Crippen LogP) is 4.79. The first kappa shape index (κ1) is 17.1. The molecule has 2 atom stereocenters. The van der Waals surface area contributed by atoms with Crippen LogP contribution in [0.25, 0.3) is 11.0 Å². The van der Waals surface area contributed by atoms with Gasteiger partial charge in [-0.05, 0) is 53.1 Å².